The number of carbonyl (C=O) groups is 1. The van der Waals surface area contributed by atoms with E-state index in [-0.39, 0.29) is 0 Å². The fourth-order valence-electron chi connectivity index (χ4n) is 2.42. The van der Waals surface area contributed by atoms with E-state index in [0.29, 0.717) is 23.8 Å². The second kappa shape index (κ2) is 7.29. The van der Waals surface area contributed by atoms with E-state index in [4.69, 9.17) is 16.3 Å². The Balaban J connectivity index is 1.70. The lowest BCUT2D eigenvalue weighted by atomic mass is 10.1. The topological polar surface area (TPSA) is 81.4 Å². The zero-order valence-electron chi connectivity index (χ0n) is 14.9. The number of aromatic nitrogens is 4. The molecular weight excluding hydrogens is 354 g/mol. The van der Waals surface area contributed by atoms with E-state index in [1.807, 2.05) is 32.9 Å². The van der Waals surface area contributed by atoms with Crippen molar-refractivity contribution in [2.45, 2.75) is 32.8 Å². The third-order valence-corrected chi connectivity index (χ3v) is 3.70. The molecule has 136 valence electrons. The summed E-state index contributed by atoms with van der Waals surface area (Å²) in [6, 6.07) is 7.35. The molecule has 1 amide bonds. The maximum atomic E-state index is 11.7. The van der Waals surface area contributed by atoms with Crippen LogP contribution in [0.5, 0.6) is 0 Å². The number of amides is 1. The summed E-state index contributed by atoms with van der Waals surface area (Å²) in [5.41, 5.74) is 2.71. The number of halogens is 1. The lowest BCUT2D eigenvalue weighted by Gasteiger charge is -2.19. The van der Waals surface area contributed by atoms with E-state index in [2.05, 4.69) is 20.4 Å². The van der Waals surface area contributed by atoms with Gasteiger partial charge in [0.2, 0.25) is 0 Å². The van der Waals surface area contributed by atoms with Gasteiger partial charge >= 0.3 is 6.09 Å². The Bertz CT molecular complexity index is 933. The second-order valence-corrected chi connectivity index (χ2v) is 7.18. The Labute approximate surface area is 156 Å². The number of fused-ring (bicyclic) bond motifs is 1. The summed E-state index contributed by atoms with van der Waals surface area (Å²) < 4.78 is 6.88. The van der Waals surface area contributed by atoms with Crippen molar-refractivity contribution < 1.29 is 9.53 Å². The van der Waals surface area contributed by atoms with Crippen molar-refractivity contribution >= 4 is 23.3 Å². The number of ether oxygens (including phenoxy) is 1. The lowest BCUT2D eigenvalue weighted by Crippen LogP contribution is -2.33. The average Bonchev–Trinajstić information content (AvgIpc) is 2.96. The van der Waals surface area contributed by atoms with Crippen molar-refractivity contribution in [3.8, 4) is 11.4 Å². The predicted octanol–water partition coefficient (Wildman–Crippen LogP) is 3.51. The van der Waals surface area contributed by atoms with Gasteiger partial charge in [0.05, 0.1) is 11.9 Å². The first-order valence-electron chi connectivity index (χ1n) is 8.24. The molecule has 7 nitrogen and oxygen atoms in total. The number of nitrogens with zero attached hydrogens (tertiary/aromatic N) is 4. The van der Waals surface area contributed by atoms with Crippen LogP contribution in [-0.2, 0) is 11.2 Å². The van der Waals surface area contributed by atoms with Crippen molar-refractivity contribution in [2.75, 3.05) is 6.54 Å². The number of rotatable bonds is 4. The summed E-state index contributed by atoms with van der Waals surface area (Å²) in [5, 5.41) is 7.40. The van der Waals surface area contributed by atoms with Crippen LogP contribution in [0.3, 0.4) is 0 Å². The lowest BCUT2D eigenvalue weighted by molar-refractivity contribution is 0.0528. The molecule has 8 heteroatoms. The molecule has 26 heavy (non-hydrogen) atoms. The Morgan fingerprint density at radius 2 is 2.08 bits per heavy atom. The minimum atomic E-state index is -0.509. The number of imidazole rings is 1. The third-order valence-electron chi connectivity index (χ3n) is 3.50. The van der Waals surface area contributed by atoms with Crippen molar-refractivity contribution in [3.63, 3.8) is 0 Å². The van der Waals surface area contributed by atoms with Gasteiger partial charge in [0.15, 0.2) is 5.65 Å². The van der Waals surface area contributed by atoms with Crippen molar-refractivity contribution in [2.24, 2.45) is 0 Å². The minimum absolute atomic E-state index is 0.384. The number of pyridine rings is 1. The monoisotopic (exact) mass is 373 g/mol. The smallest absolute Gasteiger partial charge is 0.407 e. The fourth-order valence-corrected chi connectivity index (χ4v) is 2.56. The molecule has 0 aliphatic carbocycles. The van der Waals surface area contributed by atoms with Crippen LogP contribution >= 0.6 is 11.6 Å². The second-order valence-electron chi connectivity index (χ2n) is 6.80. The van der Waals surface area contributed by atoms with Gasteiger partial charge in [-0.05, 0) is 57.0 Å². The molecule has 0 atom stereocenters. The fraction of sp³-hybridized carbons (Fsp3) is 0.333. The molecule has 0 saturated carbocycles. The molecule has 0 bridgehead atoms. The van der Waals surface area contributed by atoms with E-state index in [1.54, 1.807) is 29.0 Å². The van der Waals surface area contributed by atoms with Crippen molar-refractivity contribution in [1.29, 1.82) is 0 Å². The van der Waals surface area contributed by atoms with Gasteiger partial charge < -0.3 is 10.1 Å². The van der Waals surface area contributed by atoms with Gasteiger partial charge in [-0.15, -0.1) is 0 Å². The molecule has 3 heterocycles. The van der Waals surface area contributed by atoms with Crippen LogP contribution in [0.15, 0.2) is 36.7 Å². The number of alkyl carbamates (subject to hydrolysis) is 1. The molecule has 3 aromatic heterocycles. The molecule has 0 unspecified atom stereocenters. The summed E-state index contributed by atoms with van der Waals surface area (Å²) in [6.07, 6.45) is 3.67. The first kappa shape index (κ1) is 18.1. The molecule has 3 rings (SSSR count). The Hall–Kier alpha value is -2.67. The quantitative estimate of drug-likeness (QED) is 0.756. The molecule has 1 N–H and O–H groups in total. The van der Waals surface area contributed by atoms with Crippen LogP contribution in [0, 0.1) is 0 Å². The van der Waals surface area contributed by atoms with Gasteiger partial charge in [0.25, 0.3) is 0 Å². The molecule has 0 spiro atoms. The van der Waals surface area contributed by atoms with Crippen molar-refractivity contribution in [1.82, 2.24) is 24.9 Å². The summed E-state index contributed by atoms with van der Waals surface area (Å²) in [4.78, 5) is 20.4. The predicted molar refractivity (Wildman–Crippen MR) is 99.2 cm³/mol. The number of carbonyl (C=O) groups excluding carboxylic acids is 1. The van der Waals surface area contributed by atoms with Crippen LogP contribution in [-0.4, -0.2) is 37.8 Å². The highest BCUT2D eigenvalue weighted by molar-refractivity contribution is 6.29. The first-order valence-corrected chi connectivity index (χ1v) is 8.62. The van der Waals surface area contributed by atoms with Crippen LogP contribution in [0.4, 0.5) is 4.79 Å². The summed E-state index contributed by atoms with van der Waals surface area (Å²) in [5.74, 6) is 0. The zero-order chi connectivity index (χ0) is 18.7. The molecule has 3 aromatic rings. The Morgan fingerprint density at radius 3 is 2.85 bits per heavy atom. The summed E-state index contributed by atoms with van der Waals surface area (Å²) in [6.45, 7) is 5.96. The van der Waals surface area contributed by atoms with Gasteiger partial charge in [-0.25, -0.2) is 14.3 Å². The zero-order valence-corrected chi connectivity index (χ0v) is 15.6. The van der Waals surface area contributed by atoms with E-state index in [0.717, 1.165) is 17.0 Å². The summed E-state index contributed by atoms with van der Waals surface area (Å²) in [7, 11) is 0. The maximum Gasteiger partial charge on any atom is 0.407 e. The number of hydrogen-bond donors (Lipinski definition) is 1. The van der Waals surface area contributed by atoms with Gasteiger partial charge in [-0.1, -0.05) is 11.6 Å². The van der Waals surface area contributed by atoms with E-state index >= 15 is 0 Å². The highest BCUT2D eigenvalue weighted by Crippen LogP contribution is 2.20. The van der Waals surface area contributed by atoms with Crippen LogP contribution in [0.2, 0.25) is 5.15 Å². The van der Waals surface area contributed by atoms with E-state index < -0.39 is 11.7 Å². The average molecular weight is 374 g/mol. The maximum absolute atomic E-state index is 11.7. The van der Waals surface area contributed by atoms with Crippen LogP contribution < -0.4 is 5.32 Å². The molecule has 0 aliphatic rings. The standard InChI is InChI=1S/C18H20ClN5O2/c1-18(2,3)26-17(25)21-9-7-12-6-8-20-13(10-12)14-11-22-16-5-4-15(19)23-24(14)16/h4-6,8,10-11H,7,9H2,1-3H3,(H,21,25). The third kappa shape index (κ3) is 4.49. The molecule has 0 radical (unpaired) electrons. The van der Waals surface area contributed by atoms with Gasteiger partial charge in [0.1, 0.15) is 16.4 Å². The summed E-state index contributed by atoms with van der Waals surface area (Å²) >= 11 is 5.98. The van der Waals surface area contributed by atoms with E-state index in [1.165, 1.54) is 0 Å². The van der Waals surface area contributed by atoms with Crippen molar-refractivity contribution in [3.05, 3.63) is 47.4 Å². The van der Waals surface area contributed by atoms with Crippen LogP contribution in [0.25, 0.3) is 17.0 Å². The van der Waals surface area contributed by atoms with E-state index in [9.17, 15) is 4.79 Å². The van der Waals surface area contributed by atoms with Gasteiger partial charge in [0, 0.05) is 12.7 Å². The largest absolute Gasteiger partial charge is 0.444 e. The molecule has 0 aromatic carbocycles. The van der Waals surface area contributed by atoms with Gasteiger partial charge in [-0.2, -0.15) is 5.10 Å². The van der Waals surface area contributed by atoms with Crippen LogP contribution in [0.1, 0.15) is 26.3 Å². The van der Waals surface area contributed by atoms with Gasteiger partial charge in [-0.3, -0.25) is 4.98 Å². The SMILES string of the molecule is CC(C)(C)OC(=O)NCCc1ccnc(-c2cnc3ccc(Cl)nn23)c1. The molecule has 0 fully saturated rings. The normalized spacial score (nSPS) is 11.5. The highest BCUT2D eigenvalue weighted by Gasteiger charge is 2.15. The number of nitrogens with one attached hydrogen (secondary N) is 1. The Kier molecular flexibility index (Phi) is 5.08. The Morgan fingerprint density at radius 1 is 1.27 bits per heavy atom. The molecular formula is C18H20ClN5O2. The number of hydrogen-bond acceptors (Lipinski definition) is 5. The molecule has 0 saturated heterocycles. The minimum Gasteiger partial charge on any atom is -0.444 e. The first-order chi connectivity index (χ1) is 12.3. The molecule has 0 aliphatic heterocycles. The highest BCUT2D eigenvalue weighted by atomic mass is 35.5.